The summed E-state index contributed by atoms with van der Waals surface area (Å²) in [6, 6.07) is 7.16. The zero-order valence-corrected chi connectivity index (χ0v) is 13.8. The van der Waals surface area contributed by atoms with Crippen LogP contribution in [0.3, 0.4) is 0 Å². The summed E-state index contributed by atoms with van der Waals surface area (Å²) in [6.07, 6.45) is -0.0993. The number of hydrogen-bond acceptors (Lipinski definition) is 7. The van der Waals surface area contributed by atoms with Crippen molar-refractivity contribution in [2.75, 3.05) is 7.11 Å². The fourth-order valence-corrected chi connectivity index (χ4v) is 3.93. The maximum atomic E-state index is 11.3. The highest BCUT2D eigenvalue weighted by Crippen LogP contribution is 2.30. The van der Waals surface area contributed by atoms with Gasteiger partial charge in [-0.3, -0.25) is 0 Å². The van der Waals surface area contributed by atoms with Gasteiger partial charge in [0.15, 0.2) is 4.34 Å². The lowest BCUT2D eigenvalue weighted by molar-refractivity contribution is -0.304. The number of thioether (sulfide) groups is 1. The van der Waals surface area contributed by atoms with Gasteiger partial charge in [0.2, 0.25) is 0 Å². The molecule has 0 N–H and O–H groups in total. The molecule has 1 heterocycles. The first-order valence-corrected chi connectivity index (χ1v) is 8.26. The van der Waals surface area contributed by atoms with Gasteiger partial charge in [-0.2, -0.15) is 0 Å². The van der Waals surface area contributed by atoms with E-state index in [-0.39, 0.29) is 12.4 Å². The summed E-state index contributed by atoms with van der Waals surface area (Å²) in [5.74, 6) is -0.762. The van der Waals surface area contributed by atoms with E-state index in [2.05, 4.69) is 9.72 Å². The molecule has 0 amide bonds. The van der Waals surface area contributed by atoms with Gasteiger partial charge in [-0.25, -0.2) is 9.78 Å². The van der Waals surface area contributed by atoms with Gasteiger partial charge in [-0.15, -0.1) is 11.3 Å². The number of aryl methyl sites for hydroxylation is 1. The van der Waals surface area contributed by atoms with E-state index in [1.807, 2.05) is 12.1 Å². The van der Waals surface area contributed by atoms with Crippen molar-refractivity contribution < 1.29 is 19.4 Å². The van der Waals surface area contributed by atoms with Crippen LogP contribution in [0.15, 0.2) is 28.6 Å². The summed E-state index contributed by atoms with van der Waals surface area (Å²) in [5.41, 5.74) is 2.29. The van der Waals surface area contributed by atoms with E-state index in [1.54, 1.807) is 19.1 Å². The highest BCUT2D eigenvalue weighted by Gasteiger charge is 2.09. The highest BCUT2D eigenvalue weighted by atomic mass is 32.2. The summed E-state index contributed by atoms with van der Waals surface area (Å²) in [5, 5.41) is 10.6. The smallest absolute Gasteiger partial charge is 0.337 e. The first-order chi connectivity index (χ1) is 10.5. The predicted molar refractivity (Wildman–Crippen MR) is 82.9 cm³/mol. The molecule has 0 saturated carbocycles. The van der Waals surface area contributed by atoms with Crippen molar-refractivity contribution in [1.29, 1.82) is 0 Å². The molecule has 22 heavy (non-hydrogen) atoms. The van der Waals surface area contributed by atoms with Gasteiger partial charge in [0.25, 0.3) is 0 Å². The summed E-state index contributed by atoms with van der Waals surface area (Å²) in [4.78, 5) is 27.1. The third-order valence-corrected chi connectivity index (χ3v) is 5.29. The van der Waals surface area contributed by atoms with Gasteiger partial charge < -0.3 is 14.6 Å². The lowest BCUT2D eigenvalue weighted by Crippen LogP contribution is -2.24. The number of hydrogen-bond donors (Lipinski definition) is 0. The number of rotatable bonds is 6. The van der Waals surface area contributed by atoms with E-state index in [1.165, 1.54) is 30.2 Å². The maximum absolute atomic E-state index is 11.3. The molecule has 0 fully saturated rings. The molecule has 0 radical (unpaired) electrons. The Kier molecular flexibility index (Phi) is 5.57. The monoisotopic (exact) mass is 336 g/mol. The number of aromatic nitrogens is 1. The van der Waals surface area contributed by atoms with Gasteiger partial charge >= 0.3 is 5.97 Å². The molecule has 0 bridgehead atoms. The SMILES string of the molecule is COC(=O)c1ccc(CSc2nc(C)c(CC(=O)[O-])s2)cc1. The zero-order chi connectivity index (χ0) is 16.1. The molecule has 0 spiro atoms. The lowest BCUT2D eigenvalue weighted by Gasteiger charge is -2.02. The van der Waals surface area contributed by atoms with Crippen LogP contribution in [0, 0.1) is 6.92 Å². The topological polar surface area (TPSA) is 79.3 Å². The number of benzene rings is 1. The molecule has 1 aromatic heterocycles. The third kappa shape index (κ3) is 4.32. The molecule has 0 unspecified atom stereocenters. The quantitative estimate of drug-likeness (QED) is 0.591. The number of nitrogens with zero attached hydrogens (tertiary/aromatic N) is 1. The van der Waals surface area contributed by atoms with E-state index < -0.39 is 5.97 Å². The van der Waals surface area contributed by atoms with Crippen molar-refractivity contribution in [2.45, 2.75) is 23.4 Å². The Labute approximate surface area is 136 Å². The number of carbonyl (C=O) groups excluding carboxylic acids is 2. The minimum Gasteiger partial charge on any atom is -0.550 e. The summed E-state index contributed by atoms with van der Waals surface area (Å²) < 4.78 is 5.47. The van der Waals surface area contributed by atoms with Crippen LogP contribution in [0.5, 0.6) is 0 Å². The molecule has 0 saturated heterocycles. The molecule has 1 aromatic carbocycles. The number of carboxylic acid groups (broad SMARTS) is 1. The molecule has 0 aliphatic carbocycles. The van der Waals surface area contributed by atoms with Gasteiger partial charge in [-0.05, 0) is 24.6 Å². The first-order valence-electron chi connectivity index (χ1n) is 6.46. The van der Waals surface area contributed by atoms with Crippen LogP contribution in [-0.2, 0) is 21.7 Å². The molecule has 0 aliphatic heterocycles. The van der Waals surface area contributed by atoms with Gasteiger partial charge in [0, 0.05) is 23.0 Å². The van der Waals surface area contributed by atoms with E-state index in [0.29, 0.717) is 11.3 Å². The molecule has 7 heteroatoms. The minimum atomic E-state index is -1.10. The third-order valence-electron chi connectivity index (χ3n) is 2.92. The first kappa shape index (κ1) is 16.5. The standard InChI is InChI=1S/C15H15NO4S2/c1-9-12(7-13(17)18)22-15(16-9)21-8-10-3-5-11(6-4-10)14(19)20-2/h3-6H,7-8H2,1-2H3,(H,17,18)/p-1. The number of aliphatic carboxylic acids is 1. The highest BCUT2D eigenvalue weighted by molar-refractivity contribution is 8.00. The molecule has 116 valence electrons. The maximum Gasteiger partial charge on any atom is 0.337 e. The second kappa shape index (κ2) is 7.42. The molecular weight excluding hydrogens is 322 g/mol. The fourth-order valence-electron chi connectivity index (χ4n) is 1.76. The van der Waals surface area contributed by atoms with Crippen LogP contribution in [-0.4, -0.2) is 24.0 Å². The molecule has 0 atom stereocenters. The number of carboxylic acids is 1. The Morgan fingerprint density at radius 2 is 2.00 bits per heavy atom. The summed E-state index contributed by atoms with van der Waals surface area (Å²) in [7, 11) is 1.35. The van der Waals surface area contributed by atoms with E-state index in [4.69, 9.17) is 0 Å². The normalized spacial score (nSPS) is 10.5. The van der Waals surface area contributed by atoms with Crippen molar-refractivity contribution >= 4 is 35.0 Å². The van der Waals surface area contributed by atoms with Crippen molar-refractivity contribution in [2.24, 2.45) is 0 Å². The Hall–Kier alpha value is -1.86. The van der Waals surface area contributed by atoms with Crippen LogP contribution >= 0.6 is 23.1 Å². The predicted octanol–water partition coefficient (Wildman–Crippen LogP) is 1.82. The summed E-state index contributed by atoms with van der Waals surface area (Å²) in [6.45, 7) is 1.80. The van der Waals surface area contributed by atoms with Crippen LogP contribution < -0.4 is 5.11 Å². The molecule has 0 aliphatic rings. The number of thiazole rings is 1. The van der Waals surface area contributed by atoms with E-state index in [9.17, 15) is 14.7 Å². The number of ether oxygens (including phenoxy) is 1. The van der Waals surface area contributed by atoms with E-state index in [0.717, 1.165) is 20.5 Å². The van der Waals surface area contributed by atoms with Crippen LogP contribution in [0.25, 0.3) is 0 Å². The average molecular weight is 336 g/mol. The second-order valence-corrected chi connectivity index (χ2v) is 6.82. The number of carbonyl (C=O) groups is 2. The molecule has 2 aromatic rings. The zero-order valence-electron chi connectivity index (χ0n) is 12.1. The van der Waals surface area contributed by atoms with Gasteiger partial charge in [-0.1, -0.05) is 23.9 Å². The number of methoxy groups -OCH3 is 1. The van der Waals surface area contributed by atoms with Crippen molar-refractivity contribution in [3.8, 4) is 0 Å². The summed E-state index contributed by atoms with van der Waals surface area (Å²) >= 11 is 2.91. The fraction of sp³-hybridized carbons (Fsp3) is 0.267. The Morgan fingerprint density at radius 1 is 1.32 bits per heavy atom. The van der Waals surface area contributed by atoms with Crippen LogP contribution in [0.1, 0.15) is 26.5 Å². The van der Waals surface area contributed by atoms with Crippen LogP contribution in [0.2, 0.25) is 0 Å². The Morgan fingerprint density at radius 3 is 2.59 bits per heavy atom. The van der Waals surface area contributed by atoms with Gasteiger partial charge in [0.1, 0.15) is 0 Å². The minimum absolute atomic E-state index is 0.0993. The lowest BCUT2D eigenvalue weighted by atomic mass is 10.1. The van der Waals surface area contributed by atoms with Crippen molar-refractivity contribution in [3.63, 3.8) is 0 Å². The van der Waals surface area contributed by atoms with Crippen molar-refractivity contribution in [3.05, 3.63) is 46.0 Å². The van der Waals surface area contributed by atoms with Crippen molar-refractivity contribution in [1.82, 2.24) is 4.98 Å². The Bertz CT molecular complexity index is 679. The van der Waals surface area contributed by atoms with Gasteiger partial charge in [0.05, 0.1) is 18.4 Å². The second-order valence-electron chi connectivity index (χ2n) is 4.51. The largest absolute Gasteiger partial charge is 0.550 e. The number of esters is 1. The molecule has 5 nitrogen and oxygen atoms in total. The average Bonchev–Trinajstić information content (AvgIpc) is 2.84. The van der Waals surface area contributed by atoms with Crippen LogP contribution in [0.4, 0.5) is 0 Å². The Balaban J connectivity index is 1.98. The molecular formula is C15H14NO4S2-. The molecule has 2 rings (SSSR count). The van der Waals surface area contributed by atoms with E-state index >= 15 is 0 Å².